The number of H-pyrrole nitrogens is 1. The summed E-state index contributed by atoms with van der Waals surface area (Å²) in [6, 6.07) is 25.8. The fourth-order valence-electron chi connectivity index (χ4n) is 8.25. The Balaban J connectivity index is 1.22. The van der Waals surface area contributed by atoms with Gasteiger partial charge in [-0.25, -0.2) is 4.98 Å². The van der Waals surface area contributed by atoms with Crippen LogP contribution in [-0.4, -0.2) is 60.0 Å². The molecule has 11 heteroatoms. The molecule has 2 unspecified atom stereocenters. The van der Waals surface area contributed by atoms with Gasteiger partial charge in [-0.1, -0.05) is 78.7 Å². The van der Waals surface area contributed by atoms with E-state index in [4.69, 9.17) is 32.9 Å². The number of hydrogen-bond donors (Lipinski definition) is 3. The van der Waals surface area contributed by atoms with Crippen LogP contribution in [0.25, 0.3) is 22.2 Å². The van der Waals surface area contributed by atoms with Crippen molar-refractivity contribution < 1.29 is 14.3 Å². The smallest absolute Gasteiger partial charge is 0.272 e. The minimum atomic E-state index is -0.282. The number of ether oxygens (including phenoxy) is 1. The van der Waals surface area contributed by atoms with Crippen LogP contribution in [0.1, 0.15) is 65.0 Å². The molecular weight excluding hydrogens is 719 g/mol. The molecule has 2 aromatic heterocycles. The van der Waals surface area contributed by atoms with Crippen LogP contribution in [-0.2, 0) is 9.53 Å². The van der Waals surface area contributed by atoms with Crippen molar-refractivity contribution in [2.24, 2.45) is 11.8 Å². The van der Waals surface area contributed by atoms with E-state index in [1.807, 2.05) is 42.5 Å². The minimum absolute atomic E-state index is 0.0488. The van der Waals surface area contributed by atoms with Crippen LogP contribution in [0.2, 0.25) is 10.0 Å². The second-order valence-corrected chi connectivity index (χ2v) is 15.1. The van der Waals surface area contributed by atoms with Gasteiger partial charge in [0.1, 0.15) is 5.69 Å². The Bertz CT molecular complexity index is 2260. The lowest BCUT2D eigenvalue weighted by atomic mass is 9.82. The summed E-state index contributed by atoms with van der Waals surface area (Å²) < 4.78 is 5.08. The standard InChI is InChI=1S/C43H42Cl2N6O3/c1-26-8-7-20-51-39(28-12-14-30(44)15-13-28)32-24-31(45)25-34-36(32)37(40(51)35(26)27-9-4-3-5-10-27)38(48-34)43(53)49-33-11-6-18-46-41(33)50-21-16-29(17-22-50)42(52)47-19-23-54-2/h3-7,9-15,18,20,24-26,29,39,48H,8,16-17,19,21-23H2,1-2H3,(H,47,52)(H,49,53). The average Bonchev–Trinajstić information content (AvgIpc) is 3.48. The number of halogens is 2. The molecule has 276 valence electrons. The van der Waals surface area contributed by atoms with E-state index in [2.05, 4.69) is 81.0 Å². The van der Waals surface area contributed by atoms with Crippen molar-refractivity contribution in [1.82, 2.24) is 20.2 Å². The number of pyridine rings is 1. The number of rotatable bonds is 9. The molecule has 5 heterocycles. The largest absolute Gasteiger partial charge is 0.383 e. The molecule has 2 amide bonds. The fraction of sp³-hybridized carbons (Fsp3) is 0.279. The van der Waals surface area contributed by atoms with Crippen LogP contribution in [0.15, 0.2) is 97.3 Å². The van der Waals surface area contributed by atoms with Crippen LogP contribution < -0.4 is 15.5 Å². The van der Waals surface area contributed by atoms with E-state index < -0.39 is 0 Å². The highest BCUT2D eigenvalue weighted by molar-refractivity contribution is 6.32. The number of aromatic amines is 1. The van der Waals surface area contributed by atoms with Gasteiger partial charge in [-0.05, 0) is 83.8 Å². The van der Waals surface area contributed by atoms with Crippen molar-refractivity contribution in [1.29, 1.82) is 0 Å². The average molecular weight is 762 g/mol. The van der Waals surface area contributed by atoms with E-state index in [0.717, 1.165) is 50.8 Å². The SMILES string of the molecule is COCCNC(=O)C1CCN(c2ncccc2NC(=O)c2[nH]c3cc(Cl)cc4c3c2C2=C(c3ccccc3)C(C)CC=CN2C4c2ccc(Cl)cc2)CC1. The van der Waals surface area contributed by atoms with Crippen LogP contribution in [0.3, 0.4) is 0 Å². The second-order valence-electron chi connectivity index (χ2n) is 14.2. The number of amides is 2. The molecule has 0 bridgehead atoms. The van der Waals surface area contributed by atoms with Crippen molar-refractivity contribution in [2.45, 2.75) is 32.2 Å². The van der Waals surface area contributed by atoms with E-state index in [9.17, 15) is 9.59 Å². The van der Waals surface area contributed by atoms with Crippen LogP contribution in [0.5, 0.6) is 0 Å². The molecule has 3 aliphatic rings. The lowest BCUT2D eigenvalue weighted by molar-refractivity contribution is -0.125. The monoisotopic (exact) mass is 760 g/mol. The highest BCUT2D eigenvalue weighted by atomic mass is 35.5. The molecule has 3 N–H and O–H groups in total. The Morgan fingerprint density at radius 3 is 2.52 bits per heavy atom. The first-order valence-corrected chi connectivity index (χ1v) is 19.2. The van der Waals surface area contributed by atoms with Crippen molar-refractivity contribution >= 4 is 68.7 Å². The summed E-state index contributed by atoms with van der Waals surface area (Å²) in [5.41, 5.74) is 7.96. The number of hydrogen-bond acceptors (Lipinski definition) is 6. The molecule has 8 rings (SSSR count). The Kier molecular flexibility index (Phi) is 10.2. The summed E-state index contributed by atoms with van der Waals surface area (Å²) >= 11 is 13.3. The molecule has 54 heavy (non-hydrogen) atoms. The van der Waals surface area contributed by atoms with Gasteiger partial charge in [0.05, 0.1) is 24.0 Å². The van der Waals surface area contributed by atoms with E-state index in [1.165, 1.54) is 0 Å². The fourth-order valence-corrected chi connectivity index (χ4v) is 8.60. The number of nitrogens with zero attached hydrogens (tertiary/aromatic N) is 3. The number of benzene rings is 3. The number of piperidine rings is 1. The number of carbonyl (C=O) groups excluding carboxylic acids is 2. The second kappa shape index (κ2) is 15.3. The molecule has 9 nitrogen and oxygen atoms in total. The number of nitrogens with one attached hydrogen (secondary N) is 3. The Labute approximate surface area is 325 Å². The van der Waals surface area contributed by atoms with Crippen molar-refractivity contribution in [3.63, 3.8) is 0 Å². The highest BCUT2D eigenvalue weighted by Gasteiger charge is 2.40. The maximum Gasteiger partial charge on any atom is 0.272 e. The third-order valence-corrected chi connectivity index (χ3v) is 11.2. The number of allylic oxidation sites excluding steroid dienone is 2. The molecule has 3 aromatic carbocycles. The molecule has 5 aromatic rings. The zero-order valence-electron chi connectivity index (χ0n) is 30.2. The minimum Gasteiger partial charge on any atom is -0.383 e. The van der Waals surface area contributed by atoms with Gasteiger partial charge in [-0.15, -0.1) is 0 Å². The topological polar surface area (TPSA) is 103 Å². The Morgan fingerprint density at radius 2 is 1.76 bits per heavy atom. The molecule has 0 aliphatic carbocycles. The predicted molar refractivity (Wildman–Crippen MR) is 217 cm³/mol. The van der Waals surface area contributed by atoms with Gasteiger partial charge < -0.3 is 30.2 Å². The third-order valence-electron chi connectivity index (χ3n) is 10.8. The summed E-state index contributed by atoms with van der Waals surface area (Å²) in [4.78, 5) is 40.3. The first-order valence-electron chi connectivity index (χ1n) is 18.5. The van der Waals surface area contributed by atoms with E-state index in [0.29, 0.717) is 66.3 Å². The molecule has 3 aliphatic heterocycles. The summed E-state index contributed by atoms with van der Waals surface area (Å²) in [5, 5.41) is 8.40. The van der Waals surface area contributed by atoms with E-state index in [1.54, 1.807) is 13.3 Å². The van der Waals surface area contributed by atoms with Gasteiger partial charge in [-0.2, -0.15) is 0 Å². The quantitative estimate of drug-likeness (QED) is 0.130. The van der Waals surface area contributed by atoms with Crippen LogP contribution in [0.4, 0.5) is 11.5 Å². The zero-order valence-corrected chi connectivity index (χ0v) is 31.8. The normalized spacial score (nSPS) is 18.4. The van der Waals surface area contributed by atoms with Gasteiger partial charge in [0.2, 0.25) is 5.91 Å². The number of carbonyl (C=O) groups is 2. The summed E-state index contributed by atoms with van der Waals surface area (Å²) in [6.07, 6.45) is 8.31. The maximum atomic E-state index is 14.8. The van der Waals surface area contributed by atoms with Crippen molar-refractivity contribution in [2.75, 3.05) is 43.6 Å². The third kappa shape index (κ3) is 6.76. The molecule has 1 fully saturated rings. The molecule has 0 spiro atoms. The van der Waals surface area contributed by atoms with Crippen molar-refractivity contribution in [3.05, 3.63) is 135 Å². The van der Waals surface area contributed by atoms with Gasteiger partial charge >= 0.3 is 0 Å². The maximum absolute atomic E-state index is 14.8. The number of anilines is 2. The van der Waals surface area contributed by atoms with Crippen molar-refractivity contribution in [3.8, 4) is 0 Å². The zero-order chi connectivity index (χ0) is 37.3. The van der Waals surface area contributed by atoms with Crippen LogP contribution >= 0.6 is 23.2 Å². The molecule has 0 radical (unpaired) electrons. The highest BCUT2D eigenvalue weighted by Crippen LogP contribution is 2.53. The van der Waals surface area contributed by atoms with Crippen LogP contribution in [0, 0.1) is 11.8 Å². The summed E-state index contributed by atoms with van der Waals surface area (Å²) in [7, 11) is 1.62. The molecule has 1 saturated heterocycles. The van der Waals surface area contributed by atoms with Gasteiger partial charge in [0.15, 0.2) is 5.82 Å². The van der Waals surface area contributed by atoms with E-state index >= 15 is 0 Å². The molecule has 2 atom stereocenters. The number of fused-ring (bicyclic) bond motifs is 2. The van der Waals surface area contributed by atoms with E-state index in [-0.39, 0.29) is 29.7 Å². The Morgan fingerprint density at radius 1 is 0.981 bits per heavy atom. The molecule has 0 saturated carbocycles. The lowest BCUT2D eigenvalue weighted by Crippen LogP contribution is -2.41. The van der Waals surface area contributed by atoms with Gasteiger partial charge in [-0.3, -0.25) is 9.59 Å². The first kappa shape index (κ1) is 35.9. The molecular formula is C43H42Cl2N6O3. The summed E-state index contributed by atoms with van der Waals surface area (Å²) in [6.45, 7) is 4.50. The summed E-state index contributed by atoms with van der Waals surface area (Å²) in [5.74, 6) is 0.516. The Hall–Kier alpha value is -5.09. The predicted octanol–water partition coefficient (Wildman–Crippen LogP) is 8.93. The van der Waals surface area contributed by atoms with Gasteiger partial charge in [0, 0.05) is 71.6 Å². The number of aromatic nitrogens is 2. The van der Waals surface area contributed by atoms with Gasteiger partial charge in [0.25, 0.3) is 5.91 Å². The number of methoxy groups -OCH3 is 1. The lowest BCUT2D eigenvalue weighted by Gasteiger charge is -2.39. The first-order chi connectivity index (χ1) is 26.3.